The number of nitrogens with two attached hydrogens (primary N) is 1. The van der Waals surface area contributed by atoms with Gasteiger partial charge in [-0.1, -0.05) is 0 Å². The molecule has 2 aliphatic rings. The van der Waals surface area contributed by atoms with Crippen molar-refractivity contribution in [1.82, 2.24) is 15.2 Å². The number of carbonyl (C=O) groups is 5. The number of carboxylic acids is 2. The minimum atomic E-state index is -1.37. The molecule has 0 saturated carbocycles. The second-order valence-corrected chi connectivity index (χ2v) is 9.97. The van der Waals surface area contributed by atoms with Crippen LogP contribution in [0, 0.1) is 0 Å². The number of aromatic nitrogens is 1. The van der Waals surface area contributed by atoms with Crippen molar-refractivity contribution in [3.8, 4) is 0 Å². The molecule has 1 fully saturated rings. The van der Waals surface area contributed by atoms with Gasteiger partial charge in [-0.2, -0.15) is 0 Å². The fraction of sp³-hybridized carbons (Fsp3) is 0.389. The van der Waals surface area contributed by atoms with E-state index in [0.717, 1.165) is 4.90 Å². The van der Waals surface area contributed by atoms with Crippen LogP contribution in [0.2, 0.25) is 0 Å². The summed E-state index contributed by atoms with van der Waals surface area (Å²) >= 11 is 0.848. The number of hydrogen-bond acceptors (Lipinski definition) is 11. The van der Waals surface area contributed by atoms with E-state index in [4.69, 9.17) is 20.4 Å². The fourth-order valence-electron chi connectivity index (χ4n) is 2.97. The van der Waals surface area contributed by atoms with Crippen molar-refractivity contribution in [1.29, 1.82) is 0 Å². The van der Waals surface area contributed by atoms with Crippen LogP contribution in [-0.2, 0) is 33.5 Å². The van der Waals surface area contributed by atoms with Crippen LogP contribution in [0.5, 0.6) is 0 Å². The van der Waals surface area contributed by atoms with E-state index in [2.05, 4.69) is 15.5 Å². The number of hydrogen-bond donors (Lipinski definition) is 4. The minimum absolute atomic E-state index is 0.0716. The first kappa shape index (κ1) is 25.3. The molecule has 16 heteroatoms. The summed E-state index contributed by atoms with van der Waals surface area (Å²) in [5, 5.41) is 23.9. The van der Waals surface area contributed by atoms with Crippen LogP contribution in [0.4, 0.5) is 4.69 Å². The van der Waals surface area contributed by atoms with Crippen molar-refractivity contribution >= 4 is 66.4 Å². The molecule has 0 spiro atoms. The molecule has 14 nitrogen and oxygen atoms in total. The third-order valence-corrected chi connectivity index (χ3v) is 7.37. The van der Waals surface area contributed by atoms with Gasteiger partial charge in [-0.25, -0.2) is 0 Å². The maximum absolute atomic E-state index is 12.9. The third kappa shape index (κ3) is 5.24. The number of amides is 2. The van der Waals surface area contributed by atoms with E-state index in [1.165, 1.54) is 25.6 Å². The van der Waals surface area contributed by atoms with Crippen LogP contribution in [0.15, 0.2) is 21.4 Å². The number of nitrogens with one attached hydrogen (secondary N) is 1. The molecule has 182 valence electrons. The molecule has 0 bridgehead atoms. The van der Waals surface area contributed by atoms with E-state index < -0.39 is 47.2 Å². The molecule has 1 aromatic heterocycles. The Bertz CT molecular complexity index is 1120. The van der Waals surface area contributed by atoms with Gasteiger partial charge in [-0.3, -0.25) is 4.79 Å². The van der Waals surface area contributed by atoms with Crippen molar-refractivity contribution in [2.45, 2.75) is 31.4 Å². The zero-order valence-electron chi connectivity index (χ0n) is 17.7. The number of esters is 1. The first-order chi connectivity index (χ1) is 16.0. The number of nitrogen functional groups attached to an aromatic ring is 1. The summed E-state index contributed by atoms with van der Waals surface area (Å²) in [5.74, 6) is -4.67. The van der Waals surface area contributed by atoms with E-state index in [1.54, 1.807) is 4.94 Å². The average Bonchev–Trinajstić information content (AvgIpc) is 3.20. The van der Waals surface area contributed by atoms with E-state index in [0.29, 0.717) is 0 Å². The molecule has 3 heterocycles. The van der Waals surface area contributed by atoms with Gasteiger partial charge in [-0.15, -0.1) is 0 Å². The van der Waals surface area contributed by atoms with Crippen molar-refractivity contribution in [3.05, 3.63) is 21.9 Å². The Morgan fingerprint density at radius 3 is 2.68 bits per heavy atom. The van der Waals surface area contributed by atoms with Gasteiger partial charge in [-0.05, 0) is 0 Å². The first-order valence-electron chi connectivity index (χ1n) is 9.53. The zero-order valence-corrected chi connectivity index (χ0v) is 20.2. The van der Waals surface area contributed by atoms with Gasteiger partial charge in [0.15, 0.2) is 0 Å². The van der Waals surface area contributed by atoms with E-state index in [1.807, 2.05) is 0 Å². The number of anilines is 1. The van der Waals surface area contributed by atoms with Crippen molar-refractivity contribution in [2.24, 2.45) is 5.16 Å². The number of oxime groups is 1. The third-order valence-electron chi connectivity index (χ3n) is 4.62. The van der Waals surface area contributed by atoms with Crippen LogP contribution >= 0.6 is 11.8 Å². The Labute approximate surface area is 201 Å². The van der Waals surface area contributed by atoms with Gasteiger partial charge in [0.1, 0.15) is 0 Å². The summed E-state index contributed by atoms with van der Waals surface area (Å²) in [6, 6.07) is -1.09. The molecule has 3 rings (SSSR count). The van der Waals surface area contributed by atoms with Crippen molar-refractivity contribution in [2.75, 3.05) is 18.1 Å². The normalized spacial score (nSPS) is 20.7. The molecule has 0 radical (unpaired) electrons. The predicted molar refractivity (Wildman–Crippen MR) is 117 cm³/mol. The molecule has 3 atom stereocenters. The van der Waals surface area contributed by atoms with Gasteiger partial charge >= 0.3 is 190 Å². The number of rotatable bonds is 9. The summed E-state index contributed by atoms with van der Waals surface area (Å²) in [6.45, 7) is 2.12. The molecule has 5 N–H and O–H groups in total. The molecule has 34 heavy (non-hydrogen) atoms. The topological polar surface area (TPSA) is 211 Å². The molecule has 1 unspecified atom stereocenters. The summed E-state index contributed by atoms with van der Waals surface area (Å²) in [5.41, 5.74) is 5.32. The predicted octanol–water partition coefficient (Wildman–Crippen LogP) is -1.78. The molecule has 0 aliphatic carbocycles. The standard InChI is InChI=1S/C18H19N5O9SSe/c1-6(16(27)28)32-22-10(9-5-34-18(19)20-9)13(25)21-11-14(26)23-12(17(29)30)8(3-31-7(2)24)4-33-15(11)23/h5-6,11,15H,3-4H2,1-2H3,(H2,19,20)(H,21,25)(H,27,28)(H,29,30)/t6?,11-,15-/m1/s1. The first-order valence-corrected chi connectivity index (χ1v) is 12.4. The monoisotopic (exact) mass is 561 g/mol. The Morgan fingerprint density at radius 1 is 1.41 bits per heavy atom. The quantitative estimate of drug-likeness (QED) is 0.0868. The zero-order chi connectivity index (χ0) is 25.2. The van der Waals surface area contributed by atoms with Gasteiger partial charge in [0.25, 0.3) is 0 Å². The van der Waals surface area contributed by atoms with Crippen molar-refractivity contribution < 1.29 is 43.8 Å². The number of β-lactam (4-membered cyclic amide) rings is 1. The van der Waals surface area contributed by atoms with E-state index >= 15 is 0 Å². The maximum atomic E-state index is 12.9. The Balaban J connectivity index is 1.80. The number of ether oxygens (including phenoxy) is 1. The molecular weight excluding hydrogens is 541 g/mol. The number of thioether (sulfide) groups is 1. The Morgan fingerprint density at radius 2 is 2.12 bits per heavy atom. The van der Waals surface area contributed by atoms with Crippen LogP contribution in [-0.4, -0.2) is 99.9 Å². The summed E-state index contributed by atoms with van der Waals surface area (Å²) in [7, 11) is 0. The van der Waals surface area contributed by atoms with Gasteiger partial charge in [0.05, 0.1) is 0 Å². The number of carboxylic acid groups (broad SMARTS) is 2. The number of aliphatic carboxylic acids is 2. The molecule has 1 aromatic rings. The van der Waals surface area contributed by atoms with Gasteiger partial charge in [0.2, 0.25) is 0 Å². The van der Waals surface area contributed by atoms with Gasteiger partial charge in [0, 0.05) is 6.92 Å². The van der Waals surface area contributed by atoms with Gasteiger partial charge < -0.3 is 0 Å². The number of carbonyl (C=O) groups excluding carboxylic acids is 3. The fourth-order valence-corrected chi connectivity index (χ4v) is 5.45. The molecule has 2 amide bonds. The SMILES string of the molecule is CC(=O)OCC1=C(C(=O)O)N2C(=O)[C@@H](NC(=O)C(=NOC(C)C(=O)O)c3c[se]c(N)n3)[C@H]2SC1. The molecule has 2 aliphatic heterocycles. The molecular formula is C18H19N5O9SSe. The summed E-state index contributed by atoms with van der Waals surface area (Å²) in [6.07, 6.45) is -1.36. The molecule has 0 aromatic carbocycles. The number of nitrogens with zero attached hydrogens (tertiary/aromatic N) is 3. The second-order valence-electron chi connectivity index (χ2n) is 7.00. The van der Waals surface area contributed by atoms with E-state index in [-0.39, 0.29) is 54.2 Å². The number of fused-ring (bicyclic) bond motifs is 1. The van der Waals surface area contributed by atoms with Crippen LogP contribution in [0.25, 0.3) is 0 Å². The second kappa shape index (κ2) is 10.3. The van der Waals surface area contributed by atoms with Crippen LogP contribution < -0.4 is 11.1 Å². The Hall–Kier alpha value is -3.36. The summed E-state index contributed by atoms with van der Waals surface area (Å²) < 4.78 is 5.14. The van der Waals surface area contributed by atoms with E-state index in [9.17, 15) is 29.1 Å². The average molecular weight is 560 g/mol. The van der Waals surface area contributed by atoms with Crippen LogP contribution in [0.1, 0.15) is 19.5 Å². The van der Waals surface area contributed by atoms with Crippen molar-refractivity contribution in [3.63, 3.8) is 0 Å². The Kier molecular flexibility index (Phi) is 7.64. The molecule has 1 saturated heterocycles. The van der Waals surface area contributed by atoms with Crippen LogP contribution in [0.3, 0.4) is 0 Å². The summed E-state index contributed by atoms with van der Waals surface area (Å²) in [4.78, 5) is 71.0.